The number of amides is 1. The zero-order valence-corrected chi connectivity index (χ0v) is 14.5. The van der Waals surface area contributed by atoms with E-state index in [0.717, 1.165) is 24.7 Å². The summed E-state index contributed by atoms with van der Waals surface area (Å²) in [5, 5.41) is 0.875. The quantitative estimate of drug-likeness (QED) is 0.816. The van der Waals surface area contributed by atoms with Crippen LogP contribution < -0.4 is 0 Å². The van der Waals surface area contributed by atoms with Gasteiger partial charge in [0.05, 0.1) is 10.6 Å². The molecular formula is C18H17Cl2FN2O. The number of carbonyl (C=O) groups is 1. The number of piperazine rings is 1. The van der Waals surface area contributed by atoms with E-state index in [9.17, 15) is 9.18 Å². The highest BCUT2D eigenvalue weighted by Gasteiger charge is 2.25. The summed E-state index contributed by atoms with van der Waals surface area (Å²) in [6.45, 7) is 3.38. The summed E-state index contributed by atoms with van der Waals surface area (Å²) in [5.41, 5.74) is 1.14. The molecule has 1 aliphatic heterocycles. The van der Waals surface area contributed by atoms with Crippen LogP contribution in [0.5, 0.6) is 0 Å². The molecule has 24 heavy (non-hydrogen) atoms. The summed E-state index contributed by atoms with van der Waals surface area (Å²) < 4.78 is 13.9. The number of hydrogen-bond acceptors (Lipinski definition) is 2. The lowest BCUT2D eigenvalue weighted by molar-refractivity contribution is 0.0624. The zero-order valence-electron chi connectivity index (χ0n) is 13.0. The van der Waals surface area contributed by atoms with Gasteiger partial charge >= 0.3 is 0 Å². The summed E-state index contributed by atoms with van der Waals surface area (Å²) in [6, 6.07) is 12.0. The Morgan fingerprint density at radius 2 is 1.67 bits per heavy atom. The summed E-state index contributed by atoms with van der Waals surface area (Å²) in [5.74, 6) is -0.916. The minimum atomic E-state index is -0.573. The Labute approximate surface area is 150 Å². The molecule has 1 fully saturated rings. The molecular weight excluding hydrogens is 350 g/mol. The number of halogens is 3. The Balaban J connectivity index is 1.60. The molecule has 2 aromatic carbocycles. The maximum Gasteiger partial charge on any atom is 0.258 e. The van der Waals surface area contributed by atoms with E-state index >= 15 is 0 Å². The first-order valence-electron chi connectivity index (χ1n) is 7.74. The summed E-state index contributed by atoms with van der Waals surface area (Å²) in [6.07, 6.45) is 0. The molecule has 0 unspecified atom stereocenters. The smallest absolute Gasteiger partial charge is 0.258 e. The molecule has 0 aromatic heterocycles. The third-order valence-corrected chi connectivity index (χ3v) is 4.72. The lowest BCUT2D eigenvalue weighted by Crippen LogP contribution is -2.48. The normalized spacial score (nSPS) is 15.5. The molecule has 1 heterocycles. The van der Waals surface area contributed by atoms with Crippen molar-refractivity contribution < 1.29 is 9.18 Å². The molecule has 1 aliphatic rings. The predicted molar refractivity (Wildman–Crippen MR) is 94.0 cm³/mol. The molecule has 0 atom stereocenters. The fraction of sp³-hybridized carbons (Fsp3) is 0.278. The van der Waals surface area contributed by atoms with Crippen molar-refractivity contribution in [2.24, 2.45) is 0 Å². The Morgan fingerprint density at radius 3 is 2.29 bits per heavy atom. The third-order valence-electron chi connectivity index (χ3n) is 4.16. The van der Waals surface area contributed by atoms with E-state index in [-0.39, 0.29) is 16.5 Å². The number of benzene rings is 2. The third kappa shape index (κ3) is 3.89. The van der Waals surface area contributed by atoms with Crippen LogP contribution >= 0.6 is 23.2 Å². The van der Waals surface area contributed by atoms with Crippen molar-refractivity contribution in [3.8, 4) is 0 Å². The fourth-order valence-electron chi connectivity index (χ4n) is 2.82. The maximum atomic E-state index is 13.9. The number of hydrogen-bond donors (Lipinski definition) is 0. The van der Waals surface area contributed by atoms with Gasteiger partial charge in [0.25, 0.3) is 5.91 Å². The van der Waals surface area contributed by atoms with Crippen molar-refractivity contribution in [2.45, 2.75) is 6.54 Å². The van der Waals surface area contributed by atoms with Gasteiger partial charge in [0.2, 0.25) is 0 Å². The van der Waals surface area contributed by atoms with Gasteiger partial charge in [0.15, 0.2) is 0 Å². The van der Waals surface area contributed by atoms with Crippen molar-refractivity contribution in [1.82, 2.24) is 9.80 Å². The van der Waals surface area contributed by atoms with Crippen molar-refractivity contribution in [1.29, 1.82) is 0 Å². The Morgan fingerprint density at radius 1 is 1.00 bits per heavy atom. The molecule has 0 bridgehead atoms. The molecule has 0 N–H and O–H groups in total. The molecule has 3 nitrogen and oxygen atoms in total. The van der Waals surface area contributed by atoms with E-state index in [4.69, 9.17) is 23.2 Å². The summed E-state index contributed by atoms with van der Waals surface area (Å²) in [4.78, 5) is 16.4. The van der Waals surface area contributed by atoms with Gasteiger partial charge in [-0.2, -0.15) is 0 Å². The summed E-state index contributed by atoms with van der Waals surface area (Å²) in [7, 11) is 0. The van der Waals surface area contributed by atoms with E-state index in [1.54, 1.807) is 4.90 Å². The zero-order chi connectivity index (χ0) is 17.1. The maximum absolute atomic E-state index is 13.9. The first kappa shape index (κ1) is 17.2. The average molecular weight is 367 g/mol. The van der Waals surface area contributed by atoms with Gasteiger partial charge in [-0.05, 0) is 29.8 Å². The molecule has 1 amide bonds. The molecule has 1 saturated heterocycles. The highest BCUT2D eigenvalue weighted by Crippen LogP contribution is 2.22. The van der Waals surface area contributed by atoms with E-state index in [2.05, 4.69) is 4.90 Å². The lowest BCUT2D eigenvalue weighted by atomic mass is 10.1. The van der Waals surface area contributed by atoms with Crippen molar-refractivity contribution in [2.75, 3.05) is 26.2 Å². The highest BCUT2D eigenvalue weighted by molar-refractivity contribution is 6.33. The first-order valence-corrected chi connectivity index (χ1v) is 8.50. The minimum Gasteiger partial charge on any atom is -0.336 e. The number of nitrogens with zero attached hydrogens (tertiary/aromatic N) is 2. The molecule has 0 saturated carbocycles. The fourth-order valence-corrected chi connectivity index (χ4v) is 3.19. The molecule has 126 valence electrons. The minimum absolute atomic E-state index is 0.0367. The predicted octanol–water partition coefficient (Wildman–Crippen LogP) is 4.09. The SMILES string of the molecule is O=C(c1c(F)cccc1Cl)N1CCN(Cc2ccc(Cl)cc2)CC1. The standard InChI is InChI=1S/C18H17Cl2FN2O/c19-14-6-4-13(5-7-14)12-22-8-10-23(11-9-22)18(24)17-15(20)2-1-3-16(17)21/h1-7H,8-12H2. The van der Waals surface area contributed by atoms with Gasteiger partial charge in [-0.25, -0.2) is 4.39 Å². The van der Waals surface area contributed by atoms with Crippen molar-refractivity contribution in [3.63, 3.8) is 0 Å². The van der Waals surface area contributed by atoms with Crippen LogP contribution in [0.25, 0.3) is 0 Å². The summed E-state index contributed by atoms with van der Waals surface area (Å²) >= 11 is 11.9. The van der Waals surface area contributed by atoms with Crippen LogP contribution in [0, 0.1) is 5.82 Å². The monoisotopic (exact) mass is 366 g/mol. The van der Waals surface area contributed by atoms with Crippen LogP contribution in [-0.4, -0.2) is 41.9 Å². The van der Waals surface area contributed by atoms with E-state index in [1.165, 1.54) is 23.8 Å². The molecule has 0 aliphatic carbocycles. The van der Waals surface area contributed by atoms with Crippen molar-refractivity contribution >= 4 is 29.1 Å². The topological polar surface area (TPSA) is 23.6 Å². The van der Waals surface area contributed by atoms with Gasteiger partial charge in [0.1, 0.15) is 5.82 Å². The average Bonchev–Trinajstić information content (AvgIpc) is 2.57. The van der Waals surface area contributed by atoms with Gasteiger partial charge in [-0.15, -0.1) is 0 Å². The second kappa shape index (κ2) is 7.51. The lowest BCUT2D eigenvalue weighted by Gasteiger charge is -2.35. The van der Waals surface area contributed by atoms with Crippen molar-refractivity contribution in [3.05, 3.63) is 69.5 Å². The van der Waals surface area contributed by atoms with Gasteiger partial charge < -0.3 is 4.90 Å². The second-order valence-corrected chi connectivity index (χ2v) is 6.64. The first-order chi connectivity index (χ1) is 11.5. The number of rotatable bonds is 3. The Hall–Kier alpha value is -1.62. The molecule has 0 spiro atoms. The molecule has 0 radical (unpaired) electrons. The van der Waals surface area contributed by atoms with Gasteiger partial charge in [-0.3, -0.25) is 9.69 Å². The molecule has 6 heteroatoms. The van der Waals surface area contributed by atoms with Gasteiger partial charge in [-0.1, -0.05) is 41.4 Å². The van der Waals surface area contributed by atoms with E-state index in [1.807, 2.05) is 24.3 Å². The van der Waals surface area contributed by atoms with Crippen LogP contribution in [0.15, 0.2) is 42.5 Å². The molecule has 2 aromatic rings. The van der Waals surface area contributed by atoms with E-state index in [0.29, 0.717) is 13.1 Å². The highest BCUT2D eigenvalue weighted by atomic mass is 35.5. The Bertz CT molecular complexity index is 708. The van der Waals surface area contributed by atoms with Crippen LogP contribution in [0.4, 0.5) is 4.39 Å². The van der Waals surface area contributed by atoms with Gasteiger partial charge in [0, 0.05) is 37.7 Å². The second-order valence-electron chi connectivity index (χ2n) is 5.79. The van der Waals surface area contributed by atoms with Crippen LogP contribution in [0.1, 0.15) is 15.9 Å². The molecule has 3 rings (SSSR count). The van der Waals surface area contributed by atoms with E-state index < -0.39 is 5.82 Å². The van der Waals surface area contributed by atoms with Crippen LogP contribution in [-0.2, 0) is 6.54 Å². The largest absolute Gasteiger partial charge is 0.336 e. The van der Waals surface area contributed by atoms with Crippen LogP contribution in [0.2, 0.25) is 10.0 Å². The Kier molecular flexibility index (Phi) is 5.39. The number of carbonyl (C=O) groups excluding carboxylic acids is 1. The van der Waals surface area contributed by atoms with Crippen LogP contribution in [0.3, 0.4) is 0 Å².